The number of benzene rings is 2. The average Bonchev–Trinajstić information content (AvgIpc) is 2.68. The fraction of sp³-hybridized carbons (Fsp3) is 0.286. The highest BCUT2D eigenvalue weighted by atomic mass is 16.5. The summed E-state index contributed by atoms with van der Waals surface area (Å²) in [4.78, 5) is 30.7. The van der Waals surface area contributed by atoms with Crippen molar-refractivity contribution in [3.05, 3.63) is 70.8 Å². The van der Waals surface area contributed by atoms with Crippen LogP contribution in [0.3, 0.4) is 0 Å². The lowest BCUT2D eigenvalue weighted by molar-refractivity contribution is -0.130. The predicted octanol–water partition coefficient (Wildman–Crippen LogP) is 2.63. The fourth-order valence-electron chi connectivity index (χ4n) is 2.81. The van der Waals surface area contributed by atoms with Gasteiger partial charge in [-0.2, -0.15) is 0 Å². The molecule has 6 nitrogen and oxygen atoms in total. The topological polar surface area (TPSA) is 64.4 Å². The molecule has 1 heterocycles. The molecular weight excluding hydrogens is 342 g/mol. The van der Waals surface area contributed by atoms with E-state index in [1.54, 1.807) is 30.1 Å². The van der Waals surface area contributed by atoms with Gasteiger partial charge < -0.3 is 9.64 Å². The van der Waals surface area contributed by atoms with Crippen LogP contribution in [-0.2, 0) is 11.3 Å². The smallest absolute Gasteiger partial charge is 0.261 e. The van der Waals surface area contributed by atoms with Crippen molar-refractivity contribution in [3.63, 3.8) is 0 Å². The van der Waals surface area contributed by atoms with Gasteiger partial charge in [0.2, 0.25) is 5.91 Å². The van der Waals surface area contributed by atoms with Crippen molar-refractivity contribution < 1.29 is 9.53 Å². The maximum atomic E-state index is 12.5. The summed E-state index contributed by atoms with van der Waals surface area (Å²) in [7, 11) is 1.73. The Hall–Kier alpha value is -3.15. The van der Waals surface area contributed by atoms with Crippen LogP contribution in [0.15, 0.2) is 59.7 Å². The van der Waals surface area contributed by atoms with Crippen LogP contribution in [0.25, 0.3) is 10.9 Å². The Morgan fingerprint density at radius 1 is 1.15 bits per heavy atom. The minimum atomic E-state index is -0.203. The average molecular weight is 365 g/mol. The monoisotopic (exact) mass is 365 g/mol. The van der Waals surface area contributed by atoms with Crippen molar-refractivity contribution in [2.75, 3.05) is 20.2 Å². The summed E-state index contributed by atoms with van der Waals surface area (Å²) in [6.45, 7) is 3.06. The van der Waals surface area contributed by atoms with E-state index in [1.807, 2.05) is 37.3 Å². The highest BCUT2D eigenvalue weighted by molar-refractivity contribution is 5.78. The van der Waals surface area contributed by atoms with Crippen LogP contribution < -0.4 is 10.3 Å². The van der Waals surface area contributed by atoms with Crippen molar-refractivity contribution in [2.24, 2.45) is 0 Å². The Morgan fingerprint density at radius 3 is 2.70 bits per heavy atom. The molecule has 0 N–H and O–H groups in total. The number of nitrogens with zero attached hydrogens (tertiary/aromatic N) is 3. The van der Waals surface area contributed by atoms with E-state index in [9.17, 15) is 9.59 Å². The first-order valence-electron chi connectivity index (χ1n) is 8.93. The Morgan fingerprint density at radius 2 is 1.89 bits per heavy atom. The van der Waals surface area contributed by atoms with Crippen LogP contribution in [0.4, 0.5) is 0 Å². The fourth-order valence-corrected chi connectivity index (χ4v) is 2.81. The van der Waals surface area contributed by atoms with Gasteiger partial charge in [-0.25, -0.2) is 4.98 Å². The molecule has 1 amide bonds. The molecule has 27 heavy (non-hydrogen) atoms. The van der Waals surface area contributed by atoms with E-state index >= 15 is 0 Å². The molecule has 0 saturated heterocycles. The second kappa shape index (κ2) is 8.49. The highest BCUT2D eigenvalue weighted by Crippen LogP contribution is 2.16. The molecule has 3 rings (SSSR count). The van der Waals surface area contributed by atoms with Gasteiger partial charge in [0, 0.05) is 13.6 Å². The molecule has 0 spiro atoms. The summed E-state index contributed by atoms with van der Waals surface area (Å²) in [6.07, 6.45) is 2.14. The molecule has 0 bridgehead atoms. The van der Waals surface area contributed by atoms with Crippen LogP contribution in [0.1, 0.15) is 12.0 Å². The number of carbonyl (C=O) groups is 1. The lowest BCUT2D eigenvalue weighted by atomic mass is 10.2. The second-order valence-electron chi connectivity index (χ2n) is 6.48. The number of ether oxygens (including phenoxy) is 1. The normalized spacial score (nSPS) is 10.7. The zero-order valence-electron chi connectivity index (χ0n) is 15.6. The second-order valence-corrected chi connectivity index (χ2v) is 6.48. The first-order valence-corrected chi connectivity index (χ1v) is 8.93. The predicted molar refractivity (Wildman–Crippen MR) is 105 cm³/mol. The van der Waals surface area contributed by atoms with Crippen molar-refractivity contribution in [2.45, 2.75) is 19.9 Å². The minimum Gasteiger partial charge on any atom is -0.493 e. The number of fused-ring (bicyclic) bond motifs is 1. The van der Waals surface area contributed by atoms with Gasteiger partial charge in [0.05, 0.1) is 23.8 Å². The maximum Gasteiger partial charge on any atom is 0.261 e. The molecule has 0 atom stereocenters. The molecule has 0 aliphatic heterocycles. The number of para-hydroxylation sites is 2. The number of likely N-dealkylation sites (N-methyl/N-ethyl adjacent to an activating group) is 1. The first-order chi connectivity index (χ1) is 13.1. The number of hydrogen-bond acceptors (Lipinski definition) is 4. The Bertz CT molecular complexity index is 997. The van der Waals surface area contributed by atoms with Gasteiger partial charge in [-0.05, 0) is 37.1 Å². The summed E-state index contributed by atoms with van der Waals surface area (Å²) in [6, 6.07) is 15.0. The molecule has 6 heteroatoms. The summed E-state index contributed by atoms with van der Waals surface area (Å²) in [5.41, 5.74) is 1.52. The molecule has 0 saturated carbocycles. The zero-order chi connectivity index (χ0) is 19.2. The summed E-state index contributed by atoms with van der Waals surface area (Å²) >= 11 is 0. The van der Waals surface area contributed by atoms with E-state index in [4.69, 9.17) is 4.74 Å². The van der Waals surface area contributed by atoms with Crippen LogP contribution in [0.5, 0.6) is 5.75 Å². The van der Waals surface area contributed by atoms with Crippen LogP contribution in [0, 0.1) is 6.92 Å². The molecular formula is C21H23N3O3. The molecule has 3 aromatic rings. The number of hydrogen-bond donors (Lipinski definition) is 0. The number of aryl methyl sites for hydroxylation is 1. The van der Waals surface area contributed by atoms with E-state index < -0.39 is 0 Å². The largest absolute Gasteiger partial charge is 0.493 e. The maximum absolute atomic E-state index is 12.5. The van der Waals surface area contributed by atoms with E-state index in [-0.39, 0.29) is 18.0 Å². The molecule has 2 aromatic carbocycles. The van der Waals surface area contributed by atoms with Crippen LogP contribution >= 0.6 is 0 Å². The highest BCUT2D eigenvalue weighted by Gasteiger charge is 2.12. The standard InChI is InChI=1S/C21H23N3O3/c1-16-8-3-6-11-19(16)27-13-7-12-23(2)20(25)14-24-15-22-18-10-5-4-9-17(18)21(24)26/h3-6,8-11,15H,7,12-14H2,1-2H3. The molecule has 0 radical (unpaired) electrons. The minimum absolute atomic E-state index is 0.0220. The number of carbonyl (C=O) groups excluding carboxylic acids is 1. The van der Waals surface area contributed by atoms with E-state index in [1.165, 1.54) is 10.9 Å². The molecule has 140 valence electrons. The van der Waals surface area contributed by atoms with E-state index in [0.29, 0.717) is 30.5 Å². The van der Waals surface area contributed by atoms with Crippen molar-refractivity contribution in [1.82, 2.24) is 14.5 Å². The molecule has 0 unspecified atom stereocenters. The van der Waals surface area contributed by atoms with E-state index in [2.05, 4.69) is 4.98 Å². The van der Waals surface area contributed by atoms with Crippen LogP contribution in [-0.4, -0.2) is 40.6 Å². The SMILES string of the molecule is Cc1ccccc1OCCCN(C)C(=O)Cn1cnc2ccccc2c1=O. The third-order valence-corrected chi connectivity index (χ3v) is 4.45. The van der Waals surface area contributed by atoms with Gasteiger partial charge in [-0.15, -0.1) is 0 Å². The lowest BCUT2D eigenvalue weighted by Crippen LogP contribution is -2.35. The van der Waals surface area contributed by atoms with Gasteiger partial charge in [0.25, 0.3) is 5.56 Å². The van der Waals surface area contributed by atoms with Gasteiger partial charge in [-0.3, -0.25) is 14.2 Å². The Kier molecular flexibility index (Phi) is 5.86. The van der Waals surface area contributed by atoms with E-state index in [0.717, 1.165) is 11.3 Å². The summed E-state index contributed by atoms with van der Waals surface area (Å²) in [5.74, 6) is 0.727. The quantitative estimate of drug-likeness (QED) is 0.604. The molecule has 0 aliphatic rings. The van der Waals surface area contributed by atoms with Crippen molar-refractivity contribution in [1.29, 1.82) is 0 Å². The zero-order valence-corrected chi connectivity index (χ0v) is 15.6. The van der Waals surface area contributed by atoms with Crippen molar-refractivity contribution >= 4 is 16.8 Å². The van der Waals surface area contributed by atoms with Crippen molar-refractivity contribution in [3.8, 4) is 5.75 Å². The molecule has 0 fully saturated rings. The number of aromatic nitrogens is 2. The van der Waals surface area contributed by atoms with Crippen LogP contribution in [0.2, 0.25) is 0 Å². The van der Waals surface area contributed by atoms with Gasteiger partial charge in [-0.1, -0.05) is 30.3 Å². The molecule has 1 aromatic heterocycles. The summed E-state index contributed by atoms with van der Waals surface area (Å²) in [5, 5.41) is 0.516. The van der Waals surface area contributed by atoms with Gasteiger partial charge in [0.15, 0.2) is 0 Å². The third-order valence-electron chi connectivity index (χ3n) is 4.45. The lowest BCUT2D eigenvalue weighted by Gasteiger charge is -2.18. The Balaban J connectivity index is 1.53. The summed E-state index contributed by atoms with van der Waals surface area (Å²) < 4.78 is 7.10. The first kappa shape index (κ1) is 18.6. The number of rotatable bonds is 7. The third kappa shape index (κ3) is 4.53. The van der Waals surface area contributed by atoms with Gasteiger partial charge >= 0.3 is 0 Å². The Labute approximate surface area is 158 Å². The molecule has 0 aliphatic carbocycles. The van der Waals surface area contributed by atoms with Gasteiger partial charge in [0.1, 0.15) is 12.3 Å². The number of amides is 1.